The molecule has 120 valence electrons. The molecule has 1 fully saturated rings. The third-order valence-electron chi connectivity index (χ3n) is 3.99. The zero-order chi connectivity index (χ0) is 16.3. The Morgan fingerprint density at radius 2 is 1.64 bits per heavy atom. The molecule has 1 aromatic rings. The molecule has 1 saturated heterocycles. The molecule has 2 rings (SSSR count). The fraction of sp³-hybridized carbons (Fsp3) is 0.562. The SMILES string of the molecule is CC(=O)N1CCN(C(=O)CCC(=O)c2cc(C)sc2C)CC1. The Morgan fingerprint density at radius 1 is 1.05 bits per heavy atom. The van der Waals surface area contributed by atoms with Crippen molar-refractivity contribution < 1.29 is 14.4 Å². The maximum absolute atomic E-state index is 12.2. The molecule has 0 spiro atoms. The Labute approximate surface area is 134 Å². The summed E-state index contributed by atoms with van der Waals surface area (Å²) >= 11 is 1.61. The monoisotopic (exact) mass is 322 g/mol. The van der Waals surface area contributed by atoms with E-state index in [1.807, 2.05) is 19.9 Å². The quantitative estimate of drug-likeness (QED) is 0.797. The molecule has 0 bridgehead atoms. The Kier molecular flexibility index (Phi) is 5.34. The number of nitrogens with zero attached hydrogens (tertiary/aromatic N) is 2. The first-order chi connectivity index (χ1) is 10.4. The molecular weight excluding hydrogens is 300 g/mol. The minimum atomic E-state index is 0.00107. The number of carbonyl (C=O) groups is 3. The summed E-state index contributed by atoms with van der Waals surface area (Å²) < 4.78 is 0. The van der Waals surface area contributed by atoms with Gasteiger partial charge in [-0.3, -0.25) is 14.4 Å². The topological polar surface area (TPSA) is 57.7 Å². The van der Waals surface area contributed by atoms with Gasteiger partial charge in [-0.05, 0) is 19.9 Å². The van der Waals surface area contributed by atoms with Crippen LogP contribution in [0.4, 0.5) is 0 Å². The van der Waals surface area contributed by atoms with Crippen LogP contribution in [-0.4, -0.2) is 53.6 Å². The van der Waals surface area contributed by atoms with Crippen molar-refractivity contribution in [2.45, 2.75) is 33.6 Å². The zero-order valence-electron chi connectivity index (χ0n) is 13.3. The van der Waals surface area contributed by atoms with E-state index < -0.39 is 0 Å². The minimum absolute atomic E-state index is 0.00107. The van der Waals surface area contributed by atoms with Crippen LogP contribution < -0.4 is 0 Å². The molecule has 1 aliphatic heterocycles. The average molecular weight is 322 g/mol. The second kappa shape index (κ2) is 7.05. The molecule has 0 radical (unpaired) electrons. The number of amides is 2. The van der Waals surface area contributed by atoms with Crippen molar-refractivity contribution in [2.24, 2.45) is 0 Å². The van der Waals surface area contributed by atoms with Crippen molar-refractivity contribution in [3.63, 3.8) is 0 Å². The van der Waals surface area contributed by atoms with E-state index in [-0.39, 0.29) is 30.4 Å². The summed E-state index contributed by atoms with van der Waals surface area (Å²) in [5, 5.41) is 0. The summed E-state index contributed by atoms with van der Waals surface area (Å²) in [6.07, 6.45) is 0.496. The lowest BCUT2D eigenvalue weighted by Gasteiger charge is -2.34. The van der Waals surface area contributed by atoms with Gasteiger partial charge in [0.05, 0.1) is 0 Å². The number of carbonyl (C=O) groups excluding carboxylic acids is 3. The van der Waals surface area contributed by atoms with Crippen molar-refractivity contribution >= 4 is 28.9 Å². The number of rotatable bonds is 4. The van der Waals surface area contributed by atoms with Crippen molar-refractivity contribution in [1.29, 1.82) is 0 Å². The second-order valence-electron chi connectivity index (χ2n) is 5.64. The van der Waals surface area contributed by atoms with Crippen LogP contribution in [0.1, 0.15) is 39.9 Å². The van der Waals surface area contributed by atoms with Gasteiger partial charge in [-0.25, -0.2) is 0 Å². The fourth-order valence-electron chi connectivity index (χ4n) is 2.69. The van der Waals surface area contributed by atoms with E-state index >= 15 is 0 Å². The van der Waals surface area contributed by atoms with Crippen LogP contribution in [0.2, 0.25) is 0 Å². The summed E-state index contributed by atoms with van der Waals surface area (Å²) in [4.78, 5) is 41.3. The lowest BCUT2D eigenvalue weighted by atomic mass is 10.1. The normalized spacial score (nSPS) is 15.0. The van der Waals surface area contributed by atoms with Gasteiger partial charge in [0.1, 0.15) is 0 Å². The predicted molar refractivity (Wildman–Crippen MR) is 86.2 cm³/mol. The van der Waals surface area contributed by atoms with Crippen LogP contribution in [-0.2, 0) is 9.59 Å². The third kappa shape index (κ3) is 3.94. The van der Waals surface area contributed by atoms with Crippen LogP contribution in [0, 0.1) is 13.8 Å². The molecule has 0 atom stereocenters. The molecule has 1 aliphatic rings. The molecular formula is C16H22N2O3S. The summed E-state index contributed by atoms with van der Waals surface area (Å²) in [6.45, 7) is 7.74. The predicted octanol–water partition coefficient (Wildman–Crippen LogP) is 2.02. The van der Waals surface area contributed by atoms with Gasteiger partial charge in [0.15, 0.2) is 5.78 Å². The summed E-state index contributed by atoms with van der Waals surface area (Å²) in [6, 6.07) is 1.90. The van der Waals surface area contributed by atoms with E-state index in [1.54, 1.807) is 28.1 Å². The Bertz CT molecular complexity index is 586. The van der Waals surface area contributed by atoms with Crippen LogP contribution in [0.3, 0.4) is 0 Å². The van der Waals surface area contributed by atoms with Gasteiger partial charge in [0.25, 0.3) is 0 Å². The first-order valence-electron chi connectivity index (χ1n) is 7.52. The Morgan fingerprint density at radius 3 is 2.14 bits per heavy atom. The molecule has 22 heavy (non-hydrogen) atoms. The number of piperazine rings is 1. The maximum atomic E-state index is 12.2. The standard InChI is InChI=1S/C16H22N2O3S/c1-11-10-14(12(2)22-11)15(20)4-5-16(21)18-8-6-17(7-9-18)13(3)19/h10H,4-9H2,1-3H3. The molecule has 0 aromatic carbocycles. The molecule has 6 heteroatoms. The highest BCUT2D eigenvalue weighted by Gasteiger charge is 2.23. The highest BCUT2D eigenvalue weighted by Crippen LogP contribution is 2.22. The van der Waals surface area contributed by atoms with Gasteiger partial charge in [0, 0.05) is 61.3 Å². The van der Waals surface area contributed by atoms with E-state index in [2.05, 4.69) is 0 Å². The highest BCUT2D eigenvalue weighted by molar-refractivity contribution is 7.12. The maximum Gasteiger partial charge on any atom is 0.223 e. The van der Waals surface area contributed by atoms with Crippen LogP contribution in [0.25, 0.3) is 0 Å². The molecule has 1 aromatic heterocycles. The van der Waals surface area contributed by atoms with Gasteiger partial charge in [-0.2, -0.15) is 0 Å². The number of ketones is 1. The number of hydrogen-bond donors (Lipinski definition) is 0. The molecule has 2 amide bonds. The Balaban J connectivity index is 1.82. The first kappa shape index (κ1) is 16.7. The highest BCUT2D eigenvalue weighted by atomic mass is 32.1. The lowest BCUT2D eigenvalue weighted by Crippen LogP contribution is -2.50. The third-order valence-corrected chi connectivity index (χ3v) is 4.95. The van der Waals surface area contributed by atoms with Crippen LogP contribution in [0.5, 0.6) is 0 Å². The largest absolute Gasteiger partial charge is 0.339 e. The van der Waals surface area contributed by atoms with Gasteiger partial charge < -0.3 is 9.80 Å². The smallest absolute Gasteiger partial charge is 0.223 e. The zero-order valence-corrected chi connectivity index (χ0v) is 14.2. The summed E-state index contributed by atoms with van der Waals surface area (Å²) in [5.41, 5.74) is 0.747. The van der Waals surface area contributed by atoms with Crippen molar-refractivity contribution in [3.8, 4) is 0 Å². The number of Topliss-reactive ketones (excluding diaryl/α,β-unsaturated/α-hetero) is 1. The average Bonchev–Trinajstić information content (AvgIpc) is 2.83. The second-order valence-corrected chi connectivity index (χ2v) is 7.10. The van der Waals surface area contributed by atoms with Gasteiger partial charge in [-0.1, -0.05) is 0 Å². The molecule has 0 saturated carbocycles. The van der Waals surface area contributed by atoms with Crippen LogP contribution in [0.15, 0.2) is 6.07 Å². The van der Waals surface area contributed by atoms with Crippen molar-refractivity contribution in [2.75, 3.05) is 26.2 Å². The first-order valence-corrected chi connectivity index (χ1v) is 8.33. The summed E-state index contributed by atoms with van der Waals surface area (Å²) in [5.74, 6) is 0.0873. The van der Waals surface area contributed by atoms with E-state index in [9.17, 15) is 14.4 Å². The van der Waals surface area contributed by atoms with Gasteiger partial charge in [0.2, 0.25) is 11.8 Å². The summed E-state index contributed by atoms with van der Waals surface area (Å²) in [7, 11) is 0. The lowest BCUT2D eigenvalue weighted by molar-refractivity contribution is -0.138. The van der Waals surface area contributed by atoms with Crippen LogP contribution >= 0.6 is 11.3 Å². The molecule has 5 nitrogen and oxygen atoms in total. The number of thiophene rings is 1. The fourth-order valence-corrected chi connectivity index (χ4v) is 3.63. The number of hydrogen-bond acceptors (Lipinski definition) is 4. The Hall–Kier alpha value is -1.69. The van der Waals surface area contributed by atoms with E-state index in [0.717, 1.165) is 15.3 Å². The van der Waals surface area contributed by atoms with Gasteiger partial charge >= 0.3 is 0 Å². The molecule has 0 aliphatic carbocycles. The van der Waals surface area contributed by atoms with Crippen molar-refractivity contribution in [1.82, 2.24) is 9.80 Å². The van der Waals surface area contributed by atoms with E-state index in [1.165, 1.54) is 0 Å². The van der Waals surface area contributed by atoms with E-state index in [0.29, 0.717) is 26.2 Å². The molecule has 2 heterocycles. The number of aryl methyl sites for hydroxylation is 2. The van der Waals surface area contributed by atoms with Gasteiger partial charge in [-0.15, -0.1) is 11.3 Å². The molecule has 0 N–H and O–H groups in total. The van der Waals surface area contributed by atoms with Crippen molar-refractivity contribution in [3.05, 3.63) is 21.4 Å². The minimum Gasteiger partial charge on any atom is -0.339 e. The van der Waals surface area contributed by atoms with E-state index in [4.69, 9.17) is 0 Å². The molecule has 0 unspecified atom stereocenters.